The van der Waals surface area contributed by atoms with Crippen molar-refractivity contribution < 1.29 is 9.47 Å². The third-order valence-corrected chi connectivity index (χ3v) is 3.88. The van der Waals surface area contributed by atoms with Crippen LogP contribution in [0.1, 0.15) is 58.8 Å². The van der Waals surface area contributed by atoms with Gasteiger partial charge in [0.1, 0.15) is 11.5 Å². The molecular weight excluding hydrogens is 236 g/mol. The molecule has 0 aromatic heterocycles. The van der Waals surface area contributed by atoms with Gasteiger partial charge in [0.15, 0.2) is 0 Å². The van der Waals surface area contributed by atoms with Crippen molar-refractivity contribution in [3.8, 4) is 0 Å². The molecule has 2 heteroatoms. The molecule has 0 aromatic rings. The molecule has 0 spiro atoms. The smallest absolute Gasteiger partial charge is 0.103 e. The summed E-state index contributed by atoms with van der Waals surface area (Å²) >= 11 is 0. The first-order chi connectivity index (χ1) is 9.26. The van der Waals surface area contributed by atoms with Gasteiger partial charge >= 0.3 is 0 Å². The highest BCUT2D eigenvalue weighted by atomic mass is 16.5. The second-order valence-corrected chi connectivity index (χ2v) is 5.40. The lowest BCUT2D eigenvalue weighted by Gasteiger charge is -2.27. The van der Waals surface area contributed by atoms with E-state index in [1.165, 1.54) is 38.5 Å². The summed E-state index contributed by atoms with van der Waals surface area (Å²) in [7, 11) is 3.57. The number of ether oxygens (including phenoxy) is 2. The molecule has 1 rings (SSSR count). The Bertz CT molecular complexity index is 282. The fraction of sp³-hybridized carbons (Fsp3) is 0.765. The van der Waals surface area contributed by atoms with E-state index in [9.17, 15) is 0 Å². The van der Waals surface area contributed by atoms with Crippen LogP contribution in [-0.2, 0) is 9.47 Å². The minimum absolute atomic E-state index is 0.333. The Balaban J connectivity index is 2.65. The van der Waals surface area contributed by atoms with Crippen molar-refractivity contribution in [3.63, 3.8) is 0 Å². The van der Waals surface area contributed by atoms with E-state index in [1.54, 1.807) is 14.2 Å². The molecule has 0 unspecified atom stereocenters. The number of methoxy groups -OCH3 is 2. The standard InChI is InChI=1S/C17H30O2/c1-5-7-8-9-11-15-16(18-3)12-14(10-6-2)13-17(15)19-4/h12-15H,5-11H2,1-4H3. The topological polar surface area (TPSA) is 18.5 Å². The number of unbranched alkanes of at least 4 members (excludes halogenated alkanes) is 3. The average Bonchev–Trinajstić information content (AvgIpc) is 2.44. The Kier molecular flexibility index (Phi) is 7.69. The summed E-state index contributed by atoms with van der Waals surface area (Å²) in [6.45, 7) is 4.47. The van der Waals surface area contributed by atoms with Crippen LogP contribution in [0.3, 0.4) is 0 Å². The predicted molar refractivity (Wildman–Crippen MR) is 80.8 cm³/mol. The number of hydrogen-bond donors (Lipinski definition) is 0. The van der Waals surface area contributed by atoms with Crippen LogP contribution in [0.25, 0.3) is 0 Å². The molecule has 0 heterocycles. The van der Waals surface area contributed by atoms with Crippen LogP contribution < -0.4 is 0 Å². The van der Waals surface area contributed by atoms with E-state index in [0.29, 0.717) is 11.8 Å². The van der Waals surface area contributed by atoms with Crippen molar-refractivity contribution in [2.75, 3.05) is 14.2 Å². The van der Waals surface area contributed by atoms with E-state index < -0.39 is 0 Å². The fourth-order valence-electron chi connectivity index (χ4n) is 2.82. The zero-order valence-corrected chi connectivity index (χ0v) is 13.1. The normalized spacial score (nSPS) is 22.7. The Hall–Kier alpha value is -0.920. The molecule has 0 saturated heterocycles. The largest absolute Gasteiger partial charge is 0.501 e. The van der Waals surface area contributed by atoms with E-state index >= 15 is 0 Å². The maximum Gasteiger partial charge on any atom is 0.103 e. The van der Waals surface area contributed by atoms with Gasteiger partial charge in [0.2, 0.25) is 0 Å². The van der Waals surface area contributed by atoms with Gasteiger partial charge in [-0.05, 0) is 25.0 Å². The van der Waals surface area contributed by atoms with Crippen LogP contribution in [0, 0.1) is 11.8 Å². The summed E-state index contributed by atoms with van der Waals surface area (Å²) in [5.74, 6) is 3.02. The molecule has 0 atom stereocenters. The second kappa shape index (κ2) is 9.06. The lowest BCUT2D eigenvalue weighted by Crippen LogP contribution is -2.17. The van der Waals surface area contributed by atoms with Gasteiger partial charge in [0.05, 0.1) is 20.1 Å². The lowest BCUT2D eigenvalue weighted by atomic mass is 9.86. The highest BCUT2D eigenvalue weighted by molar-refractivity contribution is 5.23. The third kappa shape index (κ3) is 4.93. The first-order valence-corrected chi connectivity index (χ1v) is 7.78. The van der Waals surface area contributed by atoms with E-state index in [0.717, 1.165) is 17.9 Å². The van der Waals surface area contributed by atoms with Gasteiger partial charge in [0.25, 0.3) is 0 Å². The van der Waals surface area contributed by atoms with Gasteiger partial charge in [-0.1, -0.05) is 46.0 Å². The molecule has 19 heavy (non-hydrogen) atoms. The predicted octanol–water partition coefficient (Wildman–Crippen LogP) is 5.06. The summed E-state index contributed by atoms with van der Waals surface area (Å²) in [5, 5.41) is 0. The van der Waals surface area contributed by atoms with Crippen LogP contribution in [0.15, 0.2) is 23.7 Å². The first kappa shape index (κ1) is 16.1. The van der Waals surface area contributed by atoms with Gasteiger partial charge in [0, 0.05) is 5.92 Å². The second-order valence-electron chi connectivity index (χ2n) is 5.40. The summed E-state index contributed by atoms with van der Waals surface area (Å²) in [6.07, 6.45) is 13.2. The Morgan fingerprint density at radius 3 is 1.95 bits per heavy atom. The minimum Gasteiger partial charge on any atom is -0.501 e. The monoisotopic (exact) mass is 266 g/mol. The summed E-state index contributed by atoms with van der Waals surface area (Å²) in [6, 6.07) is 0. The molecule has 0 saturated carbocycles. The summed E-state index contributed by atoms with van der Waals surface area (Å²) in [5.41, 5.74) is 0. The van der Waals surface area contributed by atoms with Gasteiger partial charge in [-0.15, -0.1) is 0 Å². The van der Waals surface area contributed by atoms with E-state index in [2.05, 4.69) is 26.0 Å². The molecule has 0 amide bonds. The van der Waals surface area contributed by atoms with Gasteiger partial charge in [-0.2, -0.15) is 0 Å². The highest BCUT2D eigenvalue weighted by Gasteiger charge is 2.26. The maximum atomic E-state index is 5.61. The van der Waals surface area contributed by atoms with Gasteiger partial charge in [-0.3, -0.25) is 0 Å². The number of hydrogen-bond acceptors (Lipinski definition) is 2. The molecule has 0 radical (unpaired) electrons. The van der Waals surface area contributed by atoms with E-state index in [4.69, 9.17) is 9.47 Å². The Morgan fingerprint density at radius 2 is 1.47 bits per heavy atom. The highest BCUT2D eigenvalue weighted by Crippen LogP contribution is 2.34. The van der Waals surface area contributed by atoms with E-state index in [1.807, 2.05) is 0 Å². The Morgan fingerprint density at radius 1 is 0.842 bits per heavy atom. The van der Waals surface area contributed by atoms with Crippen molar-refractivity contribution in [2.24, 2.45) is 11.8 Å². The minimum atomic E-state index is 0.333. The zero-order valence-electron chi connectivity index (χ0n) is 13.1. The zero-order chi connectivity index (χ0) is 14.1. The molecule has 0 aliphatic heterocycles. The van der Waals surface area contributed by atoms with Crippen molar-refractivity contribution in [1.82, 2.24) is 0 Å². The maximum absolute atomic E-state index is 5.61. The van der Waals surface area contributed by atoms with Crippen LogP contribution >= 0.6 is 0 Å². The number of rotatable bonds is 9. The third-order valence-electron chi connectivity index (χ3n) is 3.88. The quantitative estimate of drug-likeness (QED) is 0.543. The molecule has 0 N–H and O–H groups in total. The first-order valence-electron chi connectivity index (χ1n) is 7.78. The molecule has 0 fully saturated rings. The summed E-state index contributed by atoms with van der Waals surface area (Å²) < 4.78 is 11.2. The Labute approximate surface area is 118 Å². The molecule has 110 valence electrons. The van der Waals surface area contributed by atoms with Crippen molar-refractivity contribution >= 4 is 0 Å². The molecule has 0 bridgehead atoms. The van der Waals surface area contributed by atoms with Crippen molar-refractivity contribution in [3.05, 3.63) is 23.7 Å². The summed E-state index contributed by atoms with van der Waals surface area (Å²) in [4.78, 5) is 0. The van der Waals surface area contributed by atoms with Crippen LogP contribution in [0.5, 0.6) is 0 Å². The van der Waals surface area contributed by atoms with Crippen molar-refractivity contribution in [1.29, 1.82) is 0 Å². The molecule has 1 aliphatic rings. The fourth-order valence-corrected chi connectivity index (χ4v) is 2.82. The number of allylic oxidation sites excluding steroid dienone is 2. The van der Waals surface area contributed by atoms with Crippen LogP contribution in [-0.4, -0.2) is 14.2 Å². The molecular formula is C17H30O2. The molecule has 2 nitrogen and oxygen atoms in total. The molecule has 0 aromatic carbocycles. The van der Waals surface area contributed by atoms with Gasteiger partial charge in [-0.25, -0.2) is 0 Å². The van der Waals surface area contributed by atoms with Crippen molar-refractivity contribution in [2.45, 2.75) is 58.8 Å². The van der Waals surface area contributed by atoms with Crippen LogP contribution in [0.4, 0.5) is 0 Å². The SMILES string of the molecule is CCCCCCC1C(OC)=CC(CCC)C=C1OC. The van der Waals surface area contributed by atoms with E-state index in [-0.39, 0.29) is 0 Å². The van der Waals surface area contributed by atoms with Gasteiger partial charge < -0.3 is 9.47 Å². The van der Waals surface area contributed by atoms with Crippen LogP contribution in [0.2, 0.25) is 0 Å². The average molecular weight is 266 g/mol. The molecule has 1 aliphatic carbocycles. The lowest BCUT2D eigenvalue weighted by molar-refractivity contribution is 0.177.